The van der Waals surface area contributed by atoms with Gasteiger partial charge in [0.25, 0.3) is 0 Å². The minimum atomic E-state index is -1.18. The Morgan fingerprint density at radius 1 is 0.778 bits per heavy atom. The quantitative estimate of drug-likeness (QED) is 0.304. The Bertz CT molecular complexity index is 93.1. The molecule has 1 rings (SSSR count). The highest BCUT2D eigenvalue weighted by molar-refractivity contribution is 4.90. The van der Waals surface area contributed by atoms with Gasteiger partial charge >= 0.3 is 0 Å². The summed E-state index contributed by atoms with van der Waals surface area (Å²) >= 11 is 0. The fourth-order valence-corrected chi connectivity index (χ4v) is 0.981. The first-order chi connectivity index (χ1) is 4.13. The Labute approximate surface area is 52.4 Å². The van der Waals surface area contributed by atoms with E-state index in [0.29, 0.717) is 0 Å². The zero-order chi connectivity index (χ0) is 7.02. The smallest absolute Gasteiger partial charge is 0.108 e. The second-order valence-corrected chi connectivity index (χ2v) is 2.35. The Kier molecular flexibility index (Phi) is 1.72. The van der Waals surface area contributed by atoms with Gasteiger partial charge in [0.05, 0.1) is 12.2 Å². The van der Waals surface area contributed by atoms with E-state index in [1.54, 1.807) is 0 Å². The van der Waals surface area contributed by atoms with E-state index in [1.165, 1.54) is 0 Å². The highest BCUT2D eigenvalue weighted by Crippen LogP contribution is 2.19. The molecule has 54 valence electrons. The topological polar surface area (TPSA) is 80.9 Å². The van der Waals surface area contributed by atoms with Crippen molar-refractivity contribution < 1.29 is 20.4 Å². The Hall–Kier alpha value is -0.160. The molecule has 0 spiro atoms. The Morgan fingerprint density at radius 2 is 1.11 bits per heavy atom. The fraction of sp³-hybridized carbons (Fsp3) is 1.00. The van der Waals surface area contributed by atoms with Gasteiger partial charge < -0.3 is 20.4 Å². The predicted molar refractivity (Wildman–Crippen MR) is 28.6 cm³/mol. The van der Waals surface area contributed by atoms with Gasteiger partial charge in [0.1, 0.15) is 12.2 Å². The molecule has 0 bridgehead atoms. The standard InChI is InChI=1S/C5H10O4/c6-2-1-3(7)5(9)4(2)8/h2-9H,1H2/t2-,3+,4-,5-/m0/s1. The van der Waals surface area contributed by atoms with Crippen LogP contribution in [0.3, 0.4) is 0 Å². The minimum Gasteiger partial charge on any atom is -0.390 e. The molecule has 0 heterocycles. The van der Waals surface area contributed by atoms with Crippen molar-refractivity contribution in [3.63, 3.8) is 0 Å². The Balaban J connectivity index is 2.54. The van der Waals surface area contributed by atoms with Crippen LogP contribution in [0, 0.1) is 0 Å². The number of aliphatic hydroxyl groups excluding tert-OH is 4. The van der Waals surface area contributed by atoms with E-state index in [2.05, 4.69) is 0 Å². The summed E-state index contributed by atoms with van der Waals surface area (Å²) in [6, 6.07) is 0. The molecule has 0 aliphatic heterocycles. The van der Waals surface area contributed by atoms with Gasteiger partial charge in [-0.2, -0.15) is 0 Å². The van der Waals surface area contributed by atoms with E-state index < -0.39 is 24.4 Å². The van der Waals surface area contributed by atoms with Crippen LogP contribution in [-0.2, 0) is 0 Å². The number of aliphatic hydroxyl groups is 4. The molecular weight excluding hydrogens is 124 g/mol. The van der Waals surface area contributed by atoms with Crippen LogP contribution in [0.5, 0.6) is 0 Å². The van der Waals surface area contributed by atoms with Crippen LogP contribution in [0.2, 0.25) is 0 Å². The molecule has 0 aromatic rings. The lowest BCUT2D eigenvalue weighted by molar-refractivity contribution is -0.0413. The lowest BCUT2D eigenvalue weighted by atomic mass is 10.2. The van der Waals surface area contributed by atoms with E-state index in [9.17, 15) is 0 Å². The highest BCUT2D eigenvalue weighted by atomic mass is 16.4. The van der Waals surface area contributed by atoms with Crippen molar-refractivity contribution in [3.05, 3.63) is 0 Å². The fourth-order valence-electron chi connectivity index (χ4n) is 0.981. The summed E-state index contributed by atoms with van der Waals surface area (Å²) in [6.07, 6.45) is -4.26. The summed E-state index contributed by atoms with van der Waals surface area (Å²) in [6.45, 7) is 0. The van der Waals surface area contributed by atoms with Gasteiger partial charge in [0, 0.05) is 6.42 Å². The van der Waals surface area contributed by atoms with E-state index in [4.69, 9.17) is 20.4 Å². The maximum Gasteiger partial charge on any atom is 0.108 e. The molecule has 0 aromatic carbocycles. The van der Waals surface area contributed by atoms with Gasteiger partial charge in [0.2, 0.25) is 0 Å². The second-order valence-electron chi connectivity index (χ2n) is 2.35. The summed E-state index contributed by atoms with van der Waals surface area (Å²) in [7, 11) is 0. The highest BCUT2D eigenvalue weighted by Gasteiger charge is 2.39. The molecule has 0 radical (unpaired) electrons. The normalized spacial score (nSPS) is 52.0. The van der Waals surface area contributed by atoms with Gasteiger partial charge in [-0.1, -0.05) is 0 Å². The molecule has 9 heavy (non-hydrogen) atoms. The molecule has 1 fully saturated rings. The van der Waals surface area contributed by atoms with Crippen molar-refractivity contribution in [2.45, 2.75) is 30.8 Å². The second kappa shape index (κ2) is 2.22. The van der Waals surface area contributed by atoms with Crippen molar-refractivity contribution in [3.8, 4) is 0 Å². The average molecular weight is 134 g/mol. The summed E-state index contributed by atoms with van der Waals surface area (Å²) in [5.41, 5.74) is 0. The van der Waals surface area contributed by atoms with Crippen molar-refractivity contribution in [1.82, 2.24) is 0 Å². The largest absolute Gasteiger partial charge is 0.390 e. The van der Waals surface area contributed by atoms with Crippen molar-refractivity contribution >= 4 is 0 Å². The first-order valence-corrected chi connectivity index (χ1v) is 2.85. The SMILES string of the molecule is O[C@@H]1[C@@H](O)[C@@H](O)C[C@H]1O. The van der Waals surface area contributed by atoms with Crippen molar-refractivity contribution in [2.75, 3.05) is 0 Å². The monoisotopic (exact) mass is 134 g/mol. The molecule has 0 amide bonds. The lowest BCUT2D eigenvalue weighted by Crippen LogP contribution is -2.32. The van der Waals surface area contributed by atoms with Crippen LogP contribution in [0.4, 0.5) is 0 Å². The molecule has 1 saturated carbocycles. The van der Waals surface area contributed by atoms with Crippen LogP contribution in [0.1, 0.15) is 6.42 Å². The third-order valence-corrected chi connectivity index (χ3v) is 1.62. The van der Waals surface area contributed by atoms with E-state index in [-0.39, 0.29) is 6.42 Å². The molecule has 4 nitrogen and oxygen atoms in total. The van der Waals surface area contributed by atoms with Gasteiger partial charge in [0.15, 0.2) is 0 Å². The predicted octanol–water partition coefficient (Wildman–Crippen LogP) is -2.17. The number of rotatable bonds is 0. The number of hydrogen-bond acceptors (Lipinski definition) is 4. The van der Waals surface area contributed by atoms with Crippen LogP contribution in [0.15, 0.2) is 0 Å². The summed E-state index contributed by atoms with van der Waals surface area (Å²) in [5, 5.41) is 35.1. The van der Waals surface area contributed by atoms with Gasteiger partial charge in [-0.25, -0.2) is 0 Å². The van der Waals surface area contributed by atoms with Crippen LogP contribution < -0.4 is 0 Å². The third kappa shape index (κ3) is 1.07. The van der Waals surface area contributed by atoms with E-state index in [0.717, 1.165) is 0 Å². The van der Waals surface area contributed by atoms with E-state index >= 15 is 0 Å². The average Bonchev–Trinajstić information content (AvgIpc) is 1.98. The summed E-state index contributed by atoms with van der Waals surface area (Å²) in [5.74, 6) is 0. The van der Waals surface area contributed by atoms with Crippen LogP contribution >= 0.6 is 0 Å². The van der Waals surface area contributed by atoms with Crippen molar-refractivity contribution in [1.29, 1.82) is 0 Å². The first-order valence-electron chi connectivity index (χ1n) is 2.85. The van der Waals surface area contributed by atoms with Crippen molar-refractivity contribution in [2.24, 2.45) is 0 Å². The molecule has 0 saturated heterocycles. The Morgan fingerprint density at radius 3 is 1.22 bits per heavy atom. The lowest BCUT2D eigenvalue weighted by Gasteiger charge is -2.10. The van der Waals surface area contributed by atoms with Gasteiger partial charge in [-0.3, -0.25) is 0 Å². The molecule has 4 atom stereocenters. The molecule has 0 unspecified atom stereocenters. The summed E-state index contributed by atoms with van der Waals surface area (Å²) in [4.78, 5) is 0. The molecule has 4 heteroatoms. The maximum atomic E-state index is 8.78. The maximum absolute atomic E-state index is 8.78. The molecule has 0 aromatic heterocycles. The molecule has 1 aliphatic rings. The van der Waals surface area contributed by atoms with Crippen LogP contribution in [0.25, 0.3) is 0 Å². The number of hydrogen-bond donors (Lipinski definition) is 4. The van der Waals surface area contributed by atoms with Gasteiger partial charge in [-0.05, 0) is 0 Å². The van der Waals surface area contributed by atoms with E-state index in [1.807, 2.05) is 0 Å². The molecule has 1 aliphatic carbocycles. The van der Waals surface area contributed by atoms with Crippen LogP contribution in [-0.4, -0.2) is 44.8 Å². The zero-order valence-electron chi connectivity index (χ0n) is 4.81. The third-order valence-electron chi connectivity index (χ3n) is 1.62. The van der Waals surface area contributed by atoms with Gasteiger partial charge in [-0.15, -0.1) is 0 Å². The zero-order valence-corrected chi connectivity index (χ0v) is 4.81. The molecule has 4 N–H and O–H groups in total. The summed E-state index contributed by atoms with van der Waals surface area (Å²) < 4.78 is 0. The first kappa shape index (κ1) is 6.95. The molecular formula is C5H10O4. The minimum absolute atomic E-state index is 0.0579.